The Morgan fingerprint density at radius 2 is 2.44 bits per heavy atom. The van der Waals surface area contributed by atoms with Crippen molar-refractivity contribution in [2.45, 2.75) is 24.9 Å². The van der Waals surface area contributed by atoms with Crippen LogP contribution in [0.1, 0.15) is 24.6 Å². The van der Waals surface area contributed by atoms with Gasteiger partial charge in [0.05, 0.1) is 22.8 Å². The predicted octanol–water partition coefficient (Wildman–Crippen LogP) is 2.07. The van der Waals surface area contributed by atoms with E-state index in [-0.39, 0.29) is 12.1 Å². The van der Waals surface area contributed by atoms with E-state index in [9.17, 15) is 4.79 Å². The van der Waals surface area contributed by atoms with Crippen molar-refractivity contribution in [3.63, 3.8) is 0 Å². The molecule has 2 aliphatic rings. The maximum atomic E-state index is 11.0. The van der Waals surface area contributed by atoms with Crippen molar-refractivity contribution in [3.05, 3.63) is 29.0 Å². The molecule has 2 aliphatic heterocycles. The minimum atomic E-state index is 0.0862. The number of fused-ring (bicyclic) bond motifs is 2. The van der Waals surface area contributed by atoms with Crippen LogP contribution in [0.2, 0.25) is 5.02 Å². The van der Waals surface area contributed by atoms with Crippen molar-refractivity contribution in [1.29, 1.82) is 0 Å². The summed E-state index contributed by atoms with van der Waals surface area (Å²) < 4.78 is 0. The molecule has 0 spiro atoms. The third-order valence-corrected chi connectivity index (χ3v) is 4.11. The van der Waals surface area contributed by atoms with Gasteiger partial charge in [-0.3, -0.25) is 9.88 Å². The fourth-order valence-corrected chi connectivity index (χ4v) is 3.30. The Bertz CT molecular complexity index is 423. The lowest BCUT2D eigenvalue weighted by molar-refractivity contribution is -0.111. The quantitative estimate of drug-likeness (QED) is 0.737. The van der Waals surface area contributed by atoms with Crippen LogP contribution in [-0.4, -0.2) is 28.8 Å². The number of carbonyl (C=O) groups is 1. The van der Waals surface area contributed by atoms with E-state index in [1.54, 1.807) is 6.20 Å². The van der Waals surface area contributed by atoms with Crippen molar-refractivity contribution < 1.29 is 4.79 Å². The molecule has 84 valence electrons. The maximum Gasteiger partial charge on any atom is 0.137 e. The van der Waals surface area contributed by atoms with Gasteiger partial charge in [0.1, 0.15) is 6.29 Å². The summed E-state index contributed by atoms with van der Waals surface area (Å²) in [7, 11) is 0. The van der Waals surface area contributed by atoms with Gasteiger partial charge < -0.3 is 4.79 Å². The van der Waals surface area contributed by atoms with Crippen LogP contribution in [0.5, 0.6) is 0 Å². The highest BCUT2D eigenvalue weighted by Crippen LogP contribution is 2.46. The van der Waals surface area contributed by atoms with Crippen molar-refractivity contribution in [2.75, 3.05) is 6.54 Å². The van der Waals surface area contributed by atoms with Gasteiger partial charge in [-0.05, 0) is 37.4 Å². The third-order valence-electron chi connectivity index (χ3n) is 3.79. The molecule has 1 aromatic rings. The summed E-state index contributed by atoms with van der Waals surface area (Å²) in [5.74, 6) is 0.501. The topological polar surface area (TPSA) is 33.2 Å². The molecule has 0 N–H and O–H groups in total. The van der Waals surface area contributed by atoms with Gasteiger partial charge >= 0.3 is 0 Å². The Labute approximate surface area is 99.4 Å². The highest BCUT2D eigenvalue weighted by Gasteiger charge is 2.47. The summed E-state index contributed by atoms with van der Waals surface area (Å²) in [4.78, 5) is 17.6. The van der Waals surface area contributed by atoms with Gasteiger partial charge in [0, 0.05) is 6.20 Å². The van der Waals surface area contributed by atoms with E-state index < -0.39 is 0 Å². The second-order valence-corrected chi connectivity index (χ2v) is 4.94. The van der Waals surface area contributed by atoms with Gasteiger partial charge in [0.25, 0.3) is 0 Å². The number of nitrogens with zero attached hydrogens (tertiary/aromatic N) is 2. The first-order chi connectivity index (χ1) is 7.81. The maximum absolute atomic E-state index is 11.0. The van der Waals surface area contributed by atoms with Gasteiger partial charge in [-0.1, -0.05) is 11.6 Å². The first-order valence-corrected chi connectivity index (χ1v) is 6.00. The second kappa shape index (κ2) is 3.82. The third kappa shape index (κ3) is 1.39. The first-order valence-electron chi connectivity index (χ1n) is 5.62. The van der Waals surface area contributed by atoms with E-state index >= 15 is 0 Å². The van der Waals surface area contributed by atoms with Gasteiger partial charge in [-0.25, -0.2) is 0 Å². The highest BCUT2D eigenvalue weighted by atomic mass is 35.5. The summed E-state index contributed by atoms with van der Waals surface area (Å²) in [6.45, 7) is 0.992. The molecule has 3 rings (SSSR count). The molecular weight excluding hydrogens is 224 g/mol. The molecule has 4 atom stereocenters. The second-order valence-electron chi connectivity index (χ2n) is 4.54. The minimum Gasteiger partial charge on any atom is -0.302 e. The lowest BCUT2D eigenvalue weighted by Gasteiger charge is -2.25. The molecule has 2 saturated heterocycles. The van der Waals surface area contributed by atoms with E-state index in [4.69, 9.17) is 11.6 Å². The number of pyridine rings is 1. The molecule has 3 heterocycles. The Balaban J connectivity index is 1.94. The Morgan fingerprint density at radius 1 is 1.56 bits per heavy atom. The van der Waals surface area contributed by atoms with Crippen LogP contribution in [0.25, 0.3) is 0 Å². The molecule has 1 aromatic heterocycles. The normalized spacial score (nSPS) is 36.6. The molecule has 3 nitrogen and oxygen atoms in total. The van der Waals surface area contributed by atoms with Crippen LogP contribution in [0.15, 0.2) is 18.3 Å². The number of aldehydes is 1. The van der Waals surface area contributed by atoms with Crippen LogP contribution < -0.4 is 0 Å². The van der Waals surface area contributed by atoms with Crippen LogP contribution in [0.3, 0.4) is 0 Å². The van der Waals surface area contributed by atoms with E-state index in [2.05, 4.69) is 9.88 Å². The Kier molecular flexibility index (Phi) is 2.45. The molecule has 0 amide bonds. The lowest BCUT2D eigenvalue weighted by Crippen LogP contribution is -2.30. The fourth-order valence-electron chi connectivity index (χ4n) is 3.05. The Hall–Kier alpha value is -0.930. The Morgan fingerprint density at radius 3 is 3.12 bits per heavy atom. The molecule has 4 unspecified atom stereocenters. The smallest absolute Gasteiger partial charge is 0.137 e. The van der Waals surface area contributed by atoms with Gasteiger partial charge in [0.2, 0.25) is 0 Å². The van der Waals surface area contributed by atoms with Crippen molar-refractivity contribution in [1.82, 2.24) is 9.88 Å². The predicted molar refractivity (Wildman–Crippen MR) is 61.3 cm³/mol. The van der Waals surface area contributed by atoms with E-state index in [1.165, 1.54) is 0 Å². The number of carbonyl (C=O) groups excluding carboxylic acids is 1. The summed E-state index contributed by atoms with van der Waals surface area (Å²) in [6, 6.07) is 4.03. The van der Waals surface area contributed by atoms with Crippen LogP contribution in [-0.2, 0) is 4.79 Å². The lowest BCUT2D eigenvalue weighted by atomic mass is 9.95. The standard InChI is InChI=1S/C12H13ClN2O/c13-9-2-1-4-14-12(9)10-6-8-3-5-15(10)11(8)7-16/h1-2,4,7-8,10-11H,3,5-6H2. The average Bonchev–Trinajstić information content (AvgIpc) is 2.85. The summed E-state index contributed by atoms with van der Waals surface area (Å²) in [5.41, 5.74) is 0.929. The van der Waals surface area contributed by atoms with Gasteiger partial charge in [0.15, 0.2) is 0 Å². The largest absolute Gasteiger partial charge is 0.302 e. The number of aromatic nitrogens is 1. The zero-order valence-corrected chi connectivity index (χ0v) is 9.60. The molecule has 0 aromatic carbocycles. The van der Waals surface area contributed by atoms with Crippen LogP contribution in [0, 0.1) is 5.92 Å². The van der Waals surface area contributed by atoms with Crippen molar-refractivity contribution >= 4 is 17.9 Å². The van der Waals surface area contributed by atoms with Crippen molar-refractivity contribution in [3.8, 4) is 0 Å². The monoisotopic (exact) mass is 236 g/mol. The number of hydrogen-bond acceptors (Lipinski definition) is 3. The number of hydrogen-bond donors (Lipinski definition) is 0. The number of halogens is 1. The highest BCUT2D eigenvalue weighted by molar-refractivity contribution is 6.31. The minimum absolute atomic E-state index is 0.0862. The van der Waals surface area contributed by atoms with Crippen molar-refractivity contribution in [2.24, 2.45) is 5.92 Å². The molecule has 2 bridgehead atoms. The zero-order valence-electron chi connectivity index (χ0n) is 8.84. The molecular formula is C12H13ClN2O. The number of rotatable bonds is 2. The zero-order chi connectivity index (χ0) is 11.1. The van der Waals surface area contributed by atoms with Gasteiger partial charge in [-0.2, -0.15) is 0 Å². The fraction of sp³-hybridized carbons (Fsp3) is 0.500. The average molecular weight is 237 g/mol. The van der Waals surface area contributed by atoms with E-state index in [0.29, 0.717) is 10.9 Å². The molecule has 4 heteroatoms. The summed E-state index contributed by atoms with van der Waals surface area (Å²) in [6.07, 6.45) is 4.99. The molecule has 2 fully saturated rings. The van der Waals surface area contributed by atoms with Crippen LogP contribution in [0.4, 0.5) is 0 Å². The molecule has 0 saturated carbocycles. The van der Waals surface area contributed by atoms with E-state index in [0.717, 1.165) is 31.4 Å². The SMILES string of the molecule is O=CC1C2CCN1C(c1ncccc1Cl)C2. The summed E-state index contributed by atoms with van der Waals surface area (Å²) in [5, 5.41) is 0.713. The van der Waals surface area contributed by atoms with Gasteiger partial charge in [-0.15, -0.1) is 0 Å². The van der Waals surface area contributed by atoms with E-state index in [1.807, 2.05) is 12.1 Å². The first kappa shape index (κ1) is 10.2. The molecule has 16 heavy (non-hydrogen) atoms. The molecule has 0 radical (unpaired) electrons. The summed E-state index contributed by atoms with van der Waals surface area (Å²) >= 11 is 6.15. The number of piperidine rings is 1. The van der Waals surface area contributed by atoms with Crippen LogP contribution >= 0.6 is 11.6 Å². The molecule has 0 aliphatic carbocycles.